The zero-order chi connectivity index (χ0) is 14.0. The third-order valence-corrected chi connectivity index (χ3v) is 3.39. The fourth-order valence-electron chi connectivity index (χ4n) is 1.63. The number of aromatic nitrogens is 1. The maximum Gasteiger partial charge on any atom is 0.417 e. The molecule has 0 saturated carbocycles. The Morgan fingerprint density at radius 2 is 2.00 bits per heavy atom. The average Bonchev–Trinajstić information content (AvgIpc) is 2.77. The molecule has 2 nitrogen and oxygen atoms in total. The van der Waals surface area contributed by atoms with E-state index in [9.17, 15) is 17.6 Å². The summed E-state index contributed by atoms with van der Waals surface area (Å²) in [5, 5.41) is 1.88. The third kappa shape index (κ3) is 3.10. The van der Waals surface area contributed by atoms with Gasteiger partial charge in [0.15, 0.2) is 0 Å². The molecule has 0 spiro atoms. The Morgan fingerprint density at radius 1 is 1.26 bits per heavy atom. The predicted molar refractivity (Wildman–Crippen MR) is 65.3 cm³/mol. The van der Waals surface area contributed by atoms with Gasteiger partial charge in [0.1, 0.15) is 10.8 Å². The quantitative estimate of drug-likeness (QED) is 0.879. The van der Waals surface area contributed by atoms with Crippen LogP contribution in [-0.4, -0.2) is 11.5 Å². The SMILES string of the molecule is NCCc1csc(-c2ccc(F)cc2C(F)(F)F)n1. The molecule has 1 aromatic heterocycles. The van der Waals surface area contributed by atoms with E-state index in [2.05, 4.69) is 4.98 Å². The largest absolute Gasteiger partial charge is 0.417 e. The predicted octanol–water partition coefficient (Wildman–Crippen LogP) is 3.47. The van der Waals surface area contributed by atoms with Crippen molar-refractivity contribution in [3.63, 3.8) is 0 Å². The van der Waals surface area contributed by atoms with Crippen molar-refractivity contribution in [3.8, 4) is 10.6 Å². The van der Waals surface area contributed by atoms with Crippen molar-refractivity contribution in [1.29, 1.82) is 0 Å². The fourth-order valence-corrected chi connectivity index (χ4v) is 2.52. The Labute approximate surface area is 110 Å². The standard InChI is InChI=1S/C12H10F4N2S/c13-7-1-2-9(10(5-7)12(14,15)16)11-18-8(3-4-17)6-19-11/h1-2,5-6H,3-4,17H2. The van der Waals surface area contributed by atoms with Crippen LogP contribution in [0.3, 0.4) is 0 Å². The van der Waals surface area contributed by atoms with Crippen molar-refractivity contribution < 1.29 is 17.6 Å². The highest BCUT2D eigenvalue weighted by atomic mass is 32.1. The van der Waals surface area contributed by atoms with Crippen LogP contribution >= 0.6 is 11.3 Å². The molecule has 2 aromatic rings. The first-order valence-corrected chi connectivity index (χ1v) is 6.31. The van der Waals surface area contributed by atoms with Gasteiger partial charge in [0.2, 0.25) is 0 Å². The summed E-state index contributed by atoms with van der Waals surface area (Å²) in [6, 6.07) is 2.58. The van der Waals surface area contributed by atoms with E-state index in [4.69, 9.17) is 5.73 Å². The van der Waals surface area contributed by atoms with Gasteiger partial charge in [0.05, 0.1) is 11.3 Å². The minimum atomic E-state index is -4.61. The van der Waals surface area contributed by atoms with Crippen LogP contribution in [0.2, 0.25) is 0 Å². The van der Waals surface area contributed by atoms with E-state index in [1.165, 1.54) is 0 Å². The Balaban J connectivity index is 2.48. The van der Waals surface area contributed by atoms with Gasteiger partial charge < -0.3 is 5.73 Å². The molecule has 102 valence electrons. The Hall–Kier alpha value is -1.47. The zero-order valence-electron chi connectivity index (χ0n) is 9.67. The highest BCUT2D eigenvalue weighted by Gasteiger charge is 2.34. The maximum absolute atomic E-state index is 13.0. The van der Waals surface area contributed by atoms with E-state index in [1.54, 1.807) is 5.38 Å². The lowest BCUT2D eigenvalue weighted by molar-refractivity contribution is -0.137. The number of hydrogen-bond donors (Lipinski definition) is 1. The molecule has 0 atom stereocenters. The molecule has 0 unspecified atom stereocenters. The lowest BCUT2D eigenvalue weighted by Gasteiger charge is -2.11. The summed E-state index contributed by atoms with van der Waals surface area (Å²) in [6.45, 7) is 0.374. The highest BCUT2D eigenvalue weighted by Crippen LogP contribution is 2.38. The second kappa shape index (κ2) is 5.26. The lowest BCUT2D eigenvalue weighted by Crippen LogP contribution is -2.08. The number of rotatable bonds is 3. The molecule has 0 aliphatic carbocycles. The van der Waals surface area contributed by atoms with Crippen LogP contribution in [0, 0.1) is 5.82 Å². The molecule has 19 heavy (non-hydrogen) atoms. The molecule has 0 fully saturated rings. The monoisotopic (exact) mass is 290 g/mol. The Morgan fingerprint density at radius 3 is 2.63 bits per heavy atom. The lowest BCUT2D eigenvalue weighted by atomic mass is 10.1. The molecule has 0 radical (unpaired) electrons. The summed E-state index contributed by atoms with van der Waals surface area (Å²) in [5.74, 6) is -0.921. The molecule has 7 heteroatoms. The van der Waals surface area contributed by atoms with Crippen molar-refractivity contribution in [1.82, 2.24) is 4.98 Å². The third-order valence-electron chi connectivity index (χ3n) is 2.47. The van der Waals surface area contributed by atoms with Crippen molar-refractivity contribution in [3.05, 3.63) is 40.7 Å². The molecule has 0 saturated heterocycles. The van der Waals surface area contributed by atoms with Crippen LogP contribution in [0.4, 0.5) is 17.6 Å². The van der Waals surface area contributed by atoms with Gasteiger partial charge in [-0.2, -0.15) is 13.2 Å². The van der Waals surface area contributed by atoms with Gasteiger partial charge in [-0.1, -0.05) is 0 Å². The van der Waals surface area contributed by atoms with Gasteiger partial charge in [-0.05, 0) is 24.7 Å². The van der Waals surface area contributed by atoms with E-state index in [0.29, 0.717) is 24.7 Å². The molecule has 2 rings (SSSR count). The Kier molecular flexibility index (Phi) is 3.86. The Bertz CT molecular complexity index is 577. The summed E-state index contributed by atoms with van der Waals surface area (Å²) < 4.78 is 51.6. The van der Waals surface area contributed by atoms with Crippen molar-refractivity contribution in [2.45, 2.75) is 12.6 Å². The molecular weight excluding hydrogens is 280 g/mol. The number of nitrogens with zero attached hydrogens (tertiary/aromatic N) is 1. The second-order valence-corrected chi connectivity index (χ2v) is 4.73. The van der Waals surface area contributed by atoms with Gasteiger partial charge >= 0.3 is 6.18 Å². The number of benzene rings is 1. The van der Waals surface area contributed by atoms with E-state index >= 15 is 0 Å². The van der Waals surface area contributed by atoms with Crippen LogP contribution in [-0.2, 0) is 12.6 Å². The molecular formula is C12H10F4N2S. The van der Waals surface area contributed by atoms with Crippen molar-refractivity contribution >= 4 is 11.3 Å². The fraction of sp³-hybridized carbons (Fsp3) is 0.250. The topological polar surface area (TPSA) is 38.9 Å². The zero-order valence-corrected chi connectivity index (χ0v) is 10.5. The smallest absolute Gasteiger partial charge is 0.330 e. The van der Waals surface area contributed by atoms with E-state index < -0.39 is 17.6 Å². The molecule has 1 aromatic carbocycles. The number of hydrogen-bond acceptors (Lipinski definition) is 3. The number of alkyl halides is 3. The van der Waals surface area contributed by atoms with Crippen molar-refractivity contribution in [2.24, 2.45) is 5.73 Å². The minimum absolute atomic E-state index is 0.109. The van der Waals surface area contributed by atoms with Crippen molar-refractivity contribution in [2.75, 3.05) is 6.54 Å². The first-order chi connectivity index (χ1) is 8.91. The summed E-state index contributed by atoms with van der Waals surface area (Å²) in [6.07, 6.45) is -4.11. The number of nitrogens with two attached hydrogens (primary N) is 1. The molecule has 2 N–H and O–H groups in total. The minimum Gasteiger partial charge on any atom is -0.330 e. The van der Waals surface area contributed by atoms with Gasteiger partial charge in [-0.25, -0.2) is 9.37 Å². The van der Waals surface area contributed by atoms with E-state index in [0.717, 1.165) is 23.5 Å². The second-order valence-electron chi connectivity index (χ2n) is 3.87. The highest BCUT2D eigenvalue weighted by molar-refractivity contribution is 7.13. The van der Waals surface area contributed by atoms with Crippen LogP contribution in [0.1, 0.15) is 11.3 Å². The van der Waals surface area contributed by atoms with Gasteiger partial charge in [-0.15, -0.1) is 11.3 Å². The maximum atomic E-state index is 13.0. The van der Waals surface area contributed by atoms with Crippen LogP contribution < -0.4 is 5.73 Å². The van der Waals surface area contributed by atoms with Crippen LogP contribution in [0.5, 0.6) is 0 Å². The van der Waals surface area contributed by atoms with E-state index in [1.807, 2.05) is 0 Å². The first kappa shape index (κ1) is 14.0. The molecule has 0 bridgehead atoms. The van der Waals surface area contributed by atoms with E-state index in [-0.39, 0.29) is 10.6 Å². The summed E-state index contributed by atoms with van der Waals surface area (Å²) in [5.41, 5.74) is 4.88. The number of halogens is 4. The number of thiazole rings is 1. The van der Waals surface area contributed by atoms with Gasteiger partial charge in [0, 0.05) is 17.4 Å². The molecule has 0 aliphatic rings. The summed E-state index contributed by atoms with van der Waals surface area (Å²) >= 11 is 1.09. The van der Waals surface area contributed by atoms with Crippen LogP contribution in [0.25, 0.3) is 10.6 Å². The van der Waals surface area contributed by atoms with Gasteiger partial charge in [0.25, 0.3) is 0 Å². The summed E-state index contributed by atoms with van der Waals surface area (Å²) in [4.78, 5) is 4.09. The normalized spacial score (nSPS) is 11.8. The van der Waals surface area contributed by atoms with Crippen LogP contribution in [0.15, 0.2) is 23.6 Å². The molecule has 0 amide bonds. The average molecular weight is 290 g/mol. The molecule has 0 aliphatic heterocycles. The van der Waals surface area contributed by atoms with Gasteiger partial charge in [-0.3, -0.25) is 0 Å². The first-order valence-electron chi connectivity index (χ1n) is 5.43. The summed E-state index contributed by atoms with van der Waals surface area (Å²) in [7, 11) is 0. The molecule has 1 heterocycles.